The molecule has 0 saturated heterocycles. The molecule has 6 heteroatoms. The molecule has 0 amide bonds. The van der Waals surface area contributed by atoms with Gasteiger partial charge in [0.1, 0.15) is 1.37 Å². The minimum absolute atomic E-state index is 0.0180. The highest BCUT2D eigenvalue weighted by Gasteiger charge is 2.27. The van der Waals surface area contributed by atoms with E-state index in [0.29, 0.717) is 16.8 Å². The van der Waals surface area contributed by atoms with Crippen LogP contribution < -0.4 is 0 Å². The maximum Gasteiger partial charge on any atom is 0.162 e. The average Bonchev–Trinajstić information content (AvgIpc) is 3.28. The molecule has 0 unspecified atom stereocenters. The molecule has 0 aromatic carbocycles. The monoisotopic (exact) mass is 313 g/mol. The maximum absolute atomic E-state index is 9.29. The van der Waals surface area contributed by atoms with Gasteiger partial charge in [-0.1, -0.05) is 12.7 Å². The van der Waals surface area contributed by atoms with E-state index in [0.717, 1.165) is 0 Å². The van der Waals surface area contributed by atoms with E-state index in [2.05, 4.69) is 26.1 Å². The van der Waals surface area contributed by atoms with E-state index < -0.39 is 24.7 Å². The molecule has 1 N–H and O–H groups in total. The number of H-pyrrole nitrogens is 1. The summed E-state index contributed by atoms with van der Waals surface area (Å²) in [6.07, 6.45) is -1.30. The molecule has 1 aliphatic carbocycles. The third-order valence-corrected chi connectivity index (χ3v) is 4.09. The summed E-state index contributed by atoms with van der Waals surface area (Å²) >= 11 is 0. The fourth-order valence-corrected chi connectivity index (χ4v) is 2.89. The molecule has 0 spiro atoms. The largest absolute Gasteiger partial charge is 0.345 e. The number of nitrogens with zero attached hydrogens (tertiary/aromatic N) is 5. The molecule has 23 heavy (non-hydrogen) atoms. The van der Waals surface area contributed by atoms with Gasteiger partial charge in [0.25, 0.3) is 0 Å². The Kier molecular flexibility index (Phi) is 2.10. The van der Waals surface area contributed by atoms with Crippen molar-refractivity contribution in [2.75, 3.05) is 0 Å². The predicted molar refractivity (Wildman–Crippen MR) is 85.5 cm³/mol. The van der Waals surface area contributed by atoms with Crippen molar-refractivity contribution < 1.29 is 9.60 Å². The van der Waals surface area contributed by atoms with Crippen LogP contribution in [0.25, 0.3) is 22.6 Å². The Morgan fingerprint density at radius 1 is 1.48 bits per heavy atom. The van der Waals surface area contributed by atoms with Crippen molar-refractivity contribution in [1.82, 2.24) is 24.7 Å². The second-order valence-electron chi connectivity index (χ2n) is 5.43. The van der Waals surface area contributed by atoms with Crippen LogP contribution in [-0.2, 0) is 0 Å². The van der Waals surface area contributed by atoms with Crippen LogP contribution >= 0.6 is 0 Å². The lowest BCUT2D eigenvalue weighted by atomic mass is 9.96. The standard InChI is InChI=1S/C17H18N6/c18-7-5-15(12-3-1-2-4-12)23-10-13(9-22-23)16-14-6-8-19-17(14)21-11-20-16/h6,8-12,15H,1-5H2,(H,19,20,21)/t15-/m1/s1/i1D2,2D2,6D,8D,11D. The molecule has 1 aromatic heterocycles. The number of aromatic amines is 1. The summed E-state index contributed by atoms with van der Waals surface area (Å²) in [5.41, 5.74) is 1.16. The molecule has 3 aliphatic rings. The number of rotatable bonds is 4. The zero-order valence-electron chi connectivity index (χ0n) is 19.2. The van der Waals surface area contributed by atoms with Gasteiger partial charge in [0, 0.05) is 29.0 Å². The predicted octanol–water partition coefficient (Wildman–Crippen LogP) is 3.42. The summed E-state index contributed by atoms with van der Waals surface area (Å²) in [6.45, 7) is 0. The van der Waals surface area contributed by atoms with Gasteiger partial charge in [0.05, 0.1) is 39.5 Å². The second kappa shape index (κ2) is 5.84. The third kappa shape index (κ3) is 2.48. The number of fused-ring (bicyclic) bond motifs is 1. The van der Waals surface area contributed by atoms with Gasteiger partial charge in [-0.25, -0.2) is 9.97 Å². The van der Waals surface area contributed by atoms with Crippen LogP contribution in [-0.4, -0.2) is 24.7 Å². The van der Waals surface area contributed by atoms with Crippen LogP contribution in [0.1, 0.15) is 47.6 Å². The van der Waals surface area contributed by atoms with Crippen molar-refractivity contribution in [2.45, 2.75) is 38.1 Å². The molecule has 1 aromatic rings. The van der Waals surface area contributed by atoms with Gasteiger partial charge in [0.2, 0.25) is 0 Å². The first-order valence-corrected chi connectivity index (χ1v) is 7.29. The summed E-state index contributed by atoms with van der Waals surface area (Å²) < 4.78 is 57.2. The highest BCUT2D eigenvalue weighted by molar-refractivity contribution is 5.77. The third-order valence-electron chi connectivity index (χ3n) is 4.09. The maximum atomic E-state index is 9.29. The van der Waals surface area contributed by atoms with Gasteiger partial charge in [-0.3, -0.25) is 4.68 Å². The summed E-state index contributed by atoms with van der Waals surface area (Å²) in [6, 6.07) is 1.43. The Morgan fingerprint density at radius 3 is 3.17 bits per heavy atom. The number of nitrogens with one attached hydrogen (secondary N) is 1. The Balaban J connectivity index is 1.74. The second-order valence-corrected chi connectivity index (χ2v) is 5.43. The van der Waals surface area contributed by atoms with E-state index in [1.54, 1.807) is 6.20 Å². The summed E-state index contributed by atoms with van der Waals surface area (Å²) in [7, 11) is 0. The van der Waals surface area contributed by atoms with Crippen LogP contribution in [0.15, 0.2) is 30.9 Å². The van der Waals surface area contributed by atoms with Crippen LogP contribution in [0, 0.1) is 17.2 Å². The molecule has 3 heterocycles. The van der Waals surface area contributed by atoms with Gasteiger partial charge in [-0.05, 0) is 24.8 Å². The highest BCUT2D eigenvalue weighted by atomic mass is 15.3. The summed E-state index contributed by atoms with van der Waals surface area (Å²) in [5, 5.41) is 13.6. The van der Waals surface area contributed by atoms with E-state index in [-0.39, 0.29) is 43.6 Å². The highest BCUT2D eigenvalue weighted by Crippen LogP contribution is 2.37. The fraction of sp³-hybridized carbons (Fsp3) is 0.412. The number of aromatic nitrogens is 5. The molecule has 1 fully saturated rings. The SMILES string of the molecule is [2H]c1nc2nc([2H])c([2H])c-2c(-c2cnn([C@H](CC#N)C3CC([2H])([2H])C([2H])([2H])C3)c2)[nH]1. The Morgan fingerprint density at radius 2 is 2.35 bits per heavy atom. The van der Waals surface area contributed by atoms with E-state index in [4.69, 9.17) is 9.60 Å². The van der Waals surface area contributed by atoms with Crippen molar-refractivity contribution in [3.8, 4) is 28.7 Å². The fourth-order valence-electron chi connectivity index (χ4n) is 2.89. The minimum atomic E-state index is -1.99. The van der Waals surface area contributed by atoms with Crippen molar-refractivity contribution in [1.29, 1.82) is 5.26 Å². The van der Waals surface area contributed by atoms with Crippen LogP contribution in [0.2, 0.25) is 0 Å². The molecule has 6 nitrogen and oxygen atoms in total. The van der Waals surface area contributed by atoms with Crippen LogP contribution in [0.5, 0.6) is 0 Å². The molecular weight excluding hydrogens is 288 g/mol. The number of hydrogen-bond donors (Lipinski definition) is 1. The summed E-state index contributed by atoms with van der Waals surface area (Å²) in [4.78, 5) is 10.6. The molecule has 1 saturated carbocycles. The van der Waals surface area contributed by atoms with E-state index in [1.165, 1.54) is 10.9 Å². The van der Waals surface area contributed by atoms with Gasteiger partial charge in [-0.2, -0.15) is 10.4 Å². The lowest BCUT2D eigenvalue weighted by molar-refractivity contribution is 0.315. The van der Waals surface area contributed by atoms with Gasteiger partial charge < -0.3 is 4.98 Å². The van der Waals surface area contributed by atoms with Crippen molar-refractivity contribution in [3.05, 3.63) is 30.9 Å². The zero-order chi connectivity index (χ0) is 21.8. The average molecular weight is 313 g/mol. The smallest absolute Gasteiger partial charge is 0.162 e. The van der Waals surface area contributed by atoms with Gasteiger partial charge >= 0.3 is 0 Å². The normalized spacial score (nSPS) is 25.4. The molecule has 116 valence electrons. The molecule has 4 rings (SSSR count). The molecule has 2 aliphatic heterocycles. The minimum Gasteiger partial charge on any atom is -0.345 e. The summed E-state index contributed by atoms with van der Waals surface area (Å²) in [5.74, 6) is -0.301. The molecule has 0 bridgehead atoms. The van der Waals surface area contributed by atoms with Crippen molar-refractivity contribution >= 4 is 0 Å². The molecule has 1 atom stereocenters. The van der Waals surface area contributed by atoms with Crippen LogP contribution in [0.4, 0.5) is 0 Å². The van der Waals surface area contributed by atoms with Gasteiger partial charge in [-0.15, -0.1) is 0 Å². The zero-order valence-corrected chi connectivity index (χ0v) is 12.2. The van der Waals surface area contributed by atoms with Gasteiger partial charge in [0.15, 0.2) is 5.82 Å². The first-order valence-electron chi connectivity index (χ1n) is 10.8. The Labute approximate surface area is 144 Å². The van der Waals surface area contributed by atoms with Crippen LogP contribution in [0.3, 0.4) is 0 Å². The molecular formula is C17H18N6. The Bertz CT molecular complexity index is 1100. The number of nitriles is 1. The first kappa shape index (κ1) is 8.25. The van der Waals surface area contributed by atoms with E-state index >= 15 is 0 Å². The van der Waals surface area contributed by atoms with E-state index in [9.17, 15) is 5.26 Å². The number of hydrogen-bond acceptors (Lipinski definition) is 4. The topological polar surface area (TPSA) is 83.2 Å². The molecule has 0 radical (unpaired) electrons. The lowest BCUT2D eigenvalue weighted by Crippen LogP contribution is -2.17. The lowest BCUT2D eigenvalue weighted by Gasteiger charge is -2.21. The van der Waals surface area contributed by atoms with E-state index in [1.807, 2.05) is 0 Å². The Hall–Kier alpha value is -2.68. The van der Waals surface area contributed by atoms with Crippen molar-refractivity contribution in [2.24, 2.45) is 5.92 Å². The van der Waals surface area contributed by atoms with Crippen molar-refractivity contribution in [3.63, 3.8) is 0 Å². The quantitative estimate of drug-likeness (QED) is 0.800. The first-order chi connectivity index (χ1) is 14.0.